The van der Waals surface area contributed by atoms with Crippen LogP contribution in [0, 0.1) is 0 Å². The predicted molar refractivity (Wildman–Crippen MR) is 110 cm³/mol. The van der Waals surface area contributed by atoms with E-state index in [1.165, 1.54) is 0 Å². The summed E-state index contributed by atoms with van der Waals surface area (Å²) in [5.41, 5.74) is 1.67. The Morgan fingerprint density at radius 1 is 1.14 bits per heavy atom. The Balaban J connectivity index is 1.36. The Morgan fingerprint density at radius 3 is 2.75 bits per heavy atom. The molecule has 0 bridgehead atoms. The molecule has 28 heavy (non-hydrogen) atoms. The normalized spacial score (nSPS) is 19.1. The number of H-pyrrole nitrogens is 1. The second-order valence-corrected chi connectivity index (χ2v) is 8.22. The Hall–Kier alpha value is -2.44. The quantitative estimate of drug-likeness (QED) is 0.684. The number of benzene rings is 1. The number of nitrogens with one attached hydrogen (secondary N) is 1. The smallest absolute Gasteiger partial charge is 0.176 e. The lowest BCUT2D eigenvalue weighted by atomic mass is 10.1. The van der Waals surface area contributed by atoms with Crippen LogP contribution in [-0.4, -0.2) is 57.4 Å². The minimum Gasteiger partial charge on any atom is -0.354 e. The molecule has 2 aliphatic rings. The van der Waals surface area contributed by atoms with Crippen molar-refractivity contribution in [1.82, 2.24) is 19.9 Å². The van der Waals surface area contributed by atoms with Crippen molar-refractivity contribution in [2.75, 3.05) is 31.1 Å². The third-order valence-electron chi connectivity index (χ3n) is 5.97. The standard InChI is InChI=1S/C21H22ClN5O/c22-16-4-2-15(3-5-16)18(28)12-27-11-1-10-26(13-21(27)7-8-21)20-17-6-9-23-19(17)24-14-25-20/h2-6,9,14H,1,7-8,10-13H2,(H,23,24,25). The van der Waals surface area contributed by atoms with Crippen LogP contribution in [0.2, 0.25) is 5.02 Å². The minimum absolute atomic E-state index is 0.0756. The zero-order chi connectivity index (χ0) is 19.1. The van der Waals surface area contributed by atoms with Crippen molar-refractivity contribution in [2.24, 2.45) is 0 Å². The Morgan fingerprint density at radius 2 is 1.96 bits per heavy atom. The van der Waals surface area contributed by atoms with Gasteiger partial charge >= 0.3 is 0 Å². The second-order valence-electron chi connectivity index (χ2n) is 7.79. The highest BCUT2D eigenvalue weighted by molar-refractivity contribution is 6.30. The Bertz CT molecular complexity index is 1010. The van der Waals surface area contributed by atoms with Crippen LogP contribution in [0.25, 0.3) is 11.0 Å². The summed E-state index contributed by atoms with van der Waals surface area (Å²) in [5, 5.41) is 1.71. The minimum atomic E-state index is 0.0756. The molecule has 3 aromatic rings. The zero-order valence-corrected chi connectivity index (χ0v) is 16.3. The topological polar surface area (TPSA) is 65.1 Å². The number of carbonyl (C=O) groups is 1. The first-order valence-corrected chi connectivity index (χ1v) is 10.1. The first-order chi connectivity index (χ1) is 13.6. The van der Waals surface area contributed by atoms with Gasteiger partial charge in [-0.25, -0.2) is 9.97 Å². The molecule has 7 heteroatoms. The molecule has 2 fully saturated rings. The predicted octanol–water partition coefficient (Wildman–Crippen LogP) is 3.54. The summed E-state index contributed by atoms with van der Waals surface area (Å²) in [4.78, 5) is 29.6. The molecule has 0 unspecified atom stereocenters. The van der Waals surface area contributed by atoms with Crippen molar-refractivity contribution in [2.45, 2.75) is 24.8 Å². The highest BCUT2D eigenvalue weighted by Crippen LogP contribution is 2.44. The Kier molecular flexibility index (Phi) is 4.33. The van der Waals surface area contributed by atoms with Crippen molar-refractivity contribution in [3.8, 4) is 0 Å². The van der Waals surface area contributed by atoms with E-state index in [2.05, 4.69) is 24.8 Å². The number of anilines is 1. The van der Waals surface area contributed by atoms with Crippen LogP contribution >= 0.6 is 11.6 Å². The lowest BCUT2D eigenvalue weighted by Crippen LogP contribution is -2.45. The van der Waals surface area contributed by atoms with Gasteiger partial charge in [-0.15, -0.1) is 0 Å². The van der Waals surface area contributed by atoms with E-state index in [0.29, 0.717) is 11.6 Å². The van der Waals surface area contributed by atoms with Gasteiger partial charge in [0.2, 0.25) is 0 Å². The summed E-state index contributed by atoms with van der Waals surface area (Å²) in [7, 11) is 0. The van der Waals surface area contributed by atoms with Gasteiger partial charge < -0.3 is 9.88 Å². The van der Waals surface area contributed by atoms with Crippen molar-refractivity contribution in [3.05, 3.63) is 53.4 Å². The van der Waals surface area contributed by atoms with E-state index in [4.69, 9.17) is 11.6 Å². The van der Waals surface area contributed by atoms with Gasteiger partial charge in [-0.1, -0.05) is 11.6 Å². The van der Waals surface area contributed by atoms with E-state index in [-0.39, 0.29) is 11.3 Å². The van der Waals surface area contributed by atoms with Gasteiger partial charge in [0, 0.05) is 42.0 Å². The number of nitrogens with zero attached hydrogens (tertiary/aromatic N) is 4. The van der Waals surface area contributed by atoms with Crippen molar-refractivity contribution in [1.29, 1.82) is 0 Å². The molecule has 1 aromatic carbocycles. The first kappa shape index (κ1) is 17.6. The molecule has 1 saturated heterocycles. The van der Waals surface area contributed by atoms with Gasteiger partial charge in [0.05, 0.1) is 11.9 Å². The molecule has 5 rings (SSSR count). The molecule has 1 aliphatic carbocycles. The molecule has 6 nitrogen and oxygen atoms in total. The summed E-state index contributed by atoms with van der Waals surface area (Å²) in [5.74, 6) is 1.15. The molecule has 2 aromatic heterocycles. The van der Waals surface area contributed by atoms with Gasteiger partial charge in [0.15, 0.2) is 5.78 Å². The summed E-state index contributed by atoms with van der Waals surface area (Å²) in [6.45, 7) is 3.22. The van der Waals surface area contributed by atoms with Crippen LogP contribution in [0.4, 0.5) is 5.82 Å². The lowest BCUT2D eigenvalue weighted by Gasteiger charge is -2.32. The molecule has 0 amide bonds. The number of aromatic amines is 1. The molecule has 1 N–H and O–H groups in total. The van der Waals surface area contributed by atoms with Crippen molar-refractivity contribution in [3.63, 3.8) is 0 Å². The fraction of sp³-hybridized carbons (Fsp3) is 0.381. The molecule has 3 heterocycles. The van der Waals surface area contributed by atoms with E-state index in [0.717, 1.165) is 61.3 Å². The molecule has 1 spiro atoms. The zero-order valence-electron chi connectivity index (χ0n) is 15.6. The first-order valence-electron chi connectivity index (χ1n) is 9.72. The van der Waals surface area contributed by atoms with Gasteiger partial charge in [-0.2, -0.15) is 0 Å². The molecule has 1 saturated carbocycles. The van der Waals surface area contributed by atoms with Crippen LogP contribution in [0.3, 0.4) is 0 Å². The monoisotopic (exact) mass is 395 g/mol. The molecular formula is C21H22ClN5O. The van der Waals surface area contributed by atoms with Gasteiger partial charge in [0.25, 0.3) is 0 Å². The van der Waals surface area contributed by atoms with E-state index < -0.39 is 0 Å². The highest BCUT2D eigenvalue weighted by atomic mass is 35.5. The van der Waals surface area contributed by atoms with Crippen molar-refractivity contribution < 1.29 is 4.79 Å². The largest absolute Gasteiger partial charge is 0.354 e. The Labute approximate surface area is 168 Å². The number of halogens is 1. The van der Waals surface area contributed by atoms with Crippen LogP contribution in [0.5, 0.6) is 0 Å². The third kappa shape index (κ3) is 3.16. The summed E-state index contributed by atoms with van der Waals surface area (Å²) in [6, 6.07) is 9.24. The number of ketones is 1. The number of hydrogen-bond acceptors (Lipinski definition) is 5. The van der Waals surface area contributed by atoms with Gasteiger partial charge in [-0.3, -0.25) is 9.69 Å². The van der Waals surface area contributed by atoms with Crippen LogP contribution in [-0.2, 0) is 0 Å². The van der Waals surface area contributed by atoms with E-state index in [1.807, 2.05) is 24.4 Å². The SMILES string of the molecule is O=C(CN1CCCN(c2ncnc3[nH]ccc23)CC12CC2)c1ccc(Cl)cc1. The molecular weight excluding hydrogens is 374 g/mol. The van der Waals surface area contributed by atoms with Crippen LogP contribution < -0.4 is 4.90 Å². The number of rotatable bonds is 4. The second kappa shape index (κ2) is 6.87. The average Bonchev–Trinajstić information content (AvgIpc) is 3.37. The number of Topliss-reactive ketones (excluding diaryl/α,β-unsaturated/α-hetero) is 1. The molecule has 1 aliphatic heterocycles. The maximum atomic E-state index is 12.8. The fourth-order valence-electron chi connectivity index (χ4n) is 4.28. The number of aromatic nitrogens is 3. The summed E-state index contributed by atoms with van der Waals surface area (Å²) < 4.78 is 0. The van der Waals surface area contributed by atoms with Crippen molar-refractivity contribution >= 4 is 34.2 Å². The van der Waals surface area contributed by atoms with E-state index >= 15 is 0 Å². The maximum Gasteiger partial charge on any atom is 0.176 e. The maximum absolute atomic E-state index is 12.8. The number of fused-ring (bicyclic) bond motifs is 1. The molecule has 144 valence electrons. The fourth-order valence-corrected chi connectivity index (χ4v) is 4.41. The number of carbonyl (C=O) groups excluding carboxylic acids is 1. The van der Waals surface area contributed by atoms with E-state index in [1.54, 1.807) is 18.5 Å². The highest BCUT2D eigenvalue weighted by Gasteiger charge is 2.50. The molecule has 0 atom stereocenters. The number of hydrogen-bond donors (Lipinski definition) is 1. The van der Waals surface area contributed by atoms with E-state index in [9.17, 15) is 4.79 Å². The lowest BCUT2D eigenvalue weighted by molar-refractivity contribution is 0.0885. The summed E-state index contributed by atoms with van der Waals surface area (Å²) in [6.07, 6.45) is 6.79. The average molecular weight is 396 g/mol. The van der Waals surface area contributed by atoms with Crippen LogP contribution in [0.1, 0.15) is 29.6 Å². The van der Waals surface area contributed by atoms with Gasteiger partial charge in [-0.05, 0) is 49.6 Å². The molecule has 0 radical (unpaired) electrons. The third-order valence-corrected chi connectivity index (χ3v) is 6.22. The van der Waals surface area contributed by atoms with Crippen LogP contribution in [0.15, 0.2) is 42.9 Å². The van der Waals surface area contributed by atoms with Gasteiger partial charge in [0.1, 0.15) is 17.8 Å². The summed E-state index contributed by atoms with van der Waals surface area (Å²) >= 11 is 5.95.